The number of carbonyl (C=O) groups excluding carboxylic acids is 1. The largest absolute Gasteiger partial charge is 0.474 e. The number of carbonyl (C=O) groups is 1. The maximum atomic E-state index is 13.1. The van der Waals surface area contributed by atoms with Gasteiger partial charge in [-0.15, -0.1) is 4.41 Å². The Bertz CT molecular complexity index is 1150. The topological polar surface area (TPSA) is 147 Å². The van der Waals surface area contributed by atoms with Gasteiger partial charge in [0.1, 0.15) is 19.3 Å². The molecule has 2 aromatic heterocycles. The number of hydrogen-bond acceptors (Lipinski definition) is 8. The van der Waals surface area contributed by atoms with Crippen molar-refractivity contribution in [3.63, 3.8) is 0 Å². The van der Waals surface area contributed by atoms with Gasteiger partial charge in [-0.2, -0.15) is 18.6 Å². The van der Waals surface area contributed by atoms with Crippen LogP contribution in [-0.2, 0) is 27.8 Å². The van der Waals surface area contributed by atoms with Crippen molar-refractivity contribution in [2.45, 2.75) is 70.0 Å². The van der Waals surface area contributed by atoms with E-state index in [9.17, 15) is 22.0 Å². The van der Waals surface area contributed by atoms with Crippen molar-refractivity contribution in [3.05, 3.63) is 17.6 Å². The number of alkyl halides is 2. The van der Waals surface area contributed by atoms with Gasteiger partial charge < -0.3 is 14.8 Å². The molecule has 1 aliphatic rings. The summed E-state index contributed by atoms with van der Waals surface area (Å²) in [6.07, 6.45) is -1.94. The van der Waals surface area contributed by atoms with Crippen molar-refractivity contribution in [1.82, 2.24) is 24.0 Å². The van der Waals surface area contributed by atoms with Gasteiger partial charge in [-0.1, -0.05) is 27.7 Å². The number of ether oxygens (including phenoxy) is 2. The van der Waals surface area contributed by atoms with Gasteiger partial charge in [-0.25, -0.2) is 24.1 Å². The Morgan fingerprint density at radius 2 is 2.03 bits per heavy atom. The maximum Gasteiger partial charge on any atom is 0.350 e. The molecular formula is C19H29F2N7O5S. The molecule has 0 saturated heterocycles. The fraction of sp³-hybridized carbons (Fsp3) is 0.632. The molecule has 0 saturated carbocycles. The molecule has 2 amide bonds. The van der Waals surface area contributed by atoms with Crippen LogP contribution in [0.1, 0.15) is 50.9 Å². The maximum absolute atomic E-state index is 13.1. The number of hydrogen-bond donors (Lipinski definition) is 2. The molecule has 0 aromatic carbocycles. The predicted octanol–water partition coefficient (Wildman–Crippen LogP) is 2.10. The second kappa shape index (κ2) is 9.84. The molecule has 0 unspecified atom stereocenters. The van der Waals surface area contributed by atoms with E-state index in [1.807, 2.05) is 0 Å². The van der Waals surface area contributed by atoms with Crippen molar-refractivity contribution in [2.24, 2.45) is 5.84 Å². The van der Waals surface area contributed by atoms with E-state index in [1.54, 1.807) is 27.7 Å². The Kier molecular flexibility index (Phi) is 7.47. The number of methoxy groups -OCH3 is 1. The second-order valence-corrected chi connectivity index (χ2v) is 10.2. The molecule has 0 bridgehead atoms. The number of halogens is 2. The van der Waals surface area contributed by atoms with Crippen LogP contribution in [0.5, 0.6) is 5.88 Å². The number of aromatic nitrogens is 4. The summed E-state index contributed by atoms with van der Waals surface area (Å²) in [6, 6.07) is -1.19. The lowest BCUT2D eigenvalue weighted by atomic mass is 10.0. The zero-order valence-electron chi connectivity index (χ0n) is 19.5. The van der Waals surface area contributed by atoms with Crippen LogP contribution in [0, 0.1) is 0 Å². The van der Waals surface area contributed by atoms with E-state index in [-0.39, 0.29) is 52.0 Å². The van der Waals surface area contributed by atoms with E-state index >= 15 is 0 Å². The van der Waals surface area contributed by atoms with Gasteiger partial charge in [0, 0.05) is 7.11 Å². The minimum Gasteiger partial charge on any atom is -0.474 e. The summed E-state index contributed by atoms with van der Waals surface area (Å²) in [5.41, 5.74) is 0.817. The molecule has 34 heavy (non-hydrogen) atoms. The van der Waals surface area contributed by atoms with Crippen molar-refractivity contribution in [1.29, 1.82) is 0 Å². The number of hydrazine groups is 1. The summed E-state index contributed by atoms with van der Waals surface area (Å²) in [5.74, 6) is 5.11. The monoisotopic (exact) mass is 505 g/mol. The third-order valence-corrected chi connectivity index (χ3v) is 6.79. The molecule has 2 aromatic rings. The van der Waals surface area contributed by atoms with Gasteiger partial charge in [-0.05, 0) is 11.8 Å². The number of nitrogens with zero attached hydrogens (tertiary/aromatic N) is 5. The summed E-state index contributed by atoms with van der Waals surface area (Å²) < 4.78 is 65.5. The lowest BCUT2D eigenvalue weighted by molar-refractivity contribution is 0.0164. The quantitative estimate of drug-likeness (QED) is 0.315. The number of rotatable bonds is 8. The molecule has 190 valence electrons. The van der Waals surface area contributed by atoms with Crippen LogP contribution in [0.15, 0.2) is 11.1 Å². The van der Waals surface area contributed by atoms with E-state index in [4.69, 9.17) is 15.3 Å². The van der Waals surface area contributed by atoms with E-state index in [0.717, 1.165) is 10.9 Å². The van der Waals surface area contributed by atoms with Gasteiger partial charge >= 0.3 is 6.03 Å². The van der Waals surface area contributed by atoms with Crippen LogP contribution in [0.3, 0.4) is 0 Å². The Morgan fingerprint density at radius 1 is 1.35 bits per heavy atom. The zero-order valence-corrected chi connectivity index (χ0v) is 20.3. The number of nitrogens with one attached hydrogen (secondary N) is 1. The first kappa shape index (κ1) is 25.8. The van der Waals surface area contributed by atoms with Crippen molar-refractivity contribution in [2.75, 3.05) is 19.0 Å². The van der Waals surface area contributed by atoms with Crippen molar-refractivity contribution in [3.8, 4) is 5.88 Å². The zero-order chi connectivity index (χ0) is 25.4. The number of urea groups is 1. The smallest absolute Gasteiger partial charge is 0.350 e. The number of fused-ring (bicyclic) bond motifs is 1. The fourth-order valence-electron chi connectivity index (χ4n) is 3.63. The molecule has 12 nitrogen and oxygen atoms in total. The summed E-state index contributed by atoms with van der Waals surface area (Å²) in [5, 5.41) is 10.7. The number of nitrogens with two attached hydrogens (primary N) is 1. The van der Waals surface area contributed by atoms with Crippen LogP contribution in [-0.4, -0.2) is 64.7 Å². The first-order valence-electron chi connectivity index (χ1n) is 10.6. The number of anilines is 1. The molecule has 15 heteroatoms. The van der Waals surface area contributed by atoms with Crippen LogP contribution in [0.2, 0.25) is 0 Å². The third kappa shape index (κ3) is 4.86. The molecule has 0 radical (unpaired) electrons. The van der Waals surface area contributed by atoms with Crippen LogP contribution < -0.4 is 15.9 Å². The van der Waals surface area contributed by atoms with E-state index in [0.29, 0.717) is 11.4 Å². The molecule has 3 rings (SSSR count). The highest BCUT2D eigenvalue weighted by atomic mass is 32.2. The Hall–Kier alpha value is -2.78. The fourth-order valence-corrected chi connectivity index (χ4v) is 4.67. The summed E-state index contributed by atoms with van der Waals surface area (Å²) >= 11 is 0. The molecule has 0 aliphatic carbocycles. The predicted molar refractivity (Wildman–Crippen MR) is 117 cm³/mol. The molecule has 0 spiro atoms. The molecule has 3 heterocycles. The SMILES string of the molecule is CO[C@@H]1COc2c(S(=O)(=O)N(N)C(=O)Nc3c(C(C)C)nn(CC(F)F)c3C(C)C)cnn2C1. The second-order valence-electron chi connectivity index (χ2n) is 8.42. The number of sulfonamides is 1. The van der Waals surface area contributed by atoms with E-state index in [2.05, 4.69) is 15.5 Å². The molecule has 1 aliphatic heterocycles. The average molecular weight is 506 g/mol. The summed E-state index contributed by atoms with van der Waals surface area (Å²) in [4.78, 5) is 12.6. The van der Waals surface area contributed by atoms with Crippen LogP contribution in [0.4, 0.5) is 19.3 Å². The normalized spacial score (nSPS) is 16.1. The Balaban J connectivity index is 1.93. The van der Waals surface area contributed by atoms with Gasteiger partial charge in [0.25, 0.3) is 16.4 Å². The van der Waals surface area contributed by atoms with Gasteiger partial charge in [0.15, 0.2) is 4.90 Å². The van der Waals surface area contributed by atoms with Crippen molar-refractivity contribution < 1.29 is 31.5 Å². The first-order chi connectivity index (χ1) is 15.9. The first-order valence-corrected chi connectivity index (χ1v) is 12.0. The standard InChI is InChI=1S/C19H29F2N7O5S/c1-10(2)15-16(17(11(3)4)26(25-15)8-14(20)21)24-19(29)28(22)34(30,31)13-6-23-27-7-12(32-5)9-33-18(13)27/h6,10-12,14H,7-9,22H2,1-5H3,(H,24,29)/t12-/m0/s1. The van der Waals surface area contributed by atoms with Gasteiger partial charge in [0.05, 0.1) is 29.8 Å². The van der Waals surface area contributed by atoms with Crippen LogP contribution >= 0.6 is 0 Å². The minimum absolute atomic E-state index is 0.0370. The van der Waals surface area contributed by atoms with Gasteiger partial charge in [-0.3, -0.25) is 4.68 Å². The Morgan fingerprint density at radius 3 is 2.59 bits per heavy atom. The number of amides is 2. The average Bonchev–Trinajstić information content (AvgIpc) is 3.33. The van der Waals surface area contributed by atoms with E-state index in [1.165, 1.54) is 11.8 Å². The molecule has 0 fully saturated rings. The highest BCUT2D eigenvalue weighted by molar-refractivity contribution is 7.89. The molecular weight excluding hydrogens is 476 g/mol. The van der Waals surface area contributed by atoms with E-state index < -0.39 is 29.0 Å². The Labute approximate surface area is 196 Å². The third-order valence-electron chi connectivity index (χ3n) is 5.27. The highest BCUT2D eigenvalue weighted by Crippen LogP contribution is 2.34. The lowest BCUT2D eigenvalue weighted by Crippen LogP contribution is -2.45. The lowest BCUT2D eigenvalue weighted by Gasteiger charge is -2.24. The van der Waals surface area contributed by atoms with Gasteiger partial charge in [0.2, 0.25) is 5.88 Å². The van der Waals surface area contributed by atoms with Crippen molar-refractivity contribution >= 4 is 21.7 Å². The molecule has 3 N–H and O–H groups in total. The molecule has 1 atom stereocenters. The highest BCUT2D eigenvalue weighted by Gasteiger charge is 2.36. The minimum atomic E-state index is -4.56. The summed E-state index contributed by atoms with van der Waals surface area (Å²) in [7, 11) is -3.06. The summed E-state index contributed by atoms with van der Waals surface area (Å²) in [6.45, 7) is 6.73. The van der Waals surface area contributed by atoms with Crippen LogP contribution in [0.25, 0.3) is 0 Å².